The maximum Gasteiger partial charge on any atom is 0.252 e. The number of anilines is 1. The van der Waals surface area contributed by atoms with Gasteiger partial charge >= 0.3 is 0 Å². The van der Waals surface area contributed by atoms with Gasteiger partial charge in [0.2, 0.25) is 0 Å². The molecule has 0 saturated carbocycles. The molecule has 0 radical (unpaired) electrons. The average Bonchev–Trinajstić information content (AvgIpc) is 2.31. The van der Waals surface area contributed by atoms with Crippen LogP contribution in [0.25, 0.3) is 0 Å². The number of carbonyl (C=O) groups excluding carboxylic acids is 1. The van der Waals surface area contributed by atoms with Crippen LogP contribution in [0.4, 0.5) is 5.69 Å². The van der Waals surface area contributed by atoms with Gasteiger partial charge in [-0.2, -0.15) is 0 Å². The van der Waals surface area contributed by atoms with Crippen LogP contribution in [0.15, 0.2) is 18.2 Å². The van der Waals surface area contributed by atoms with Gasteiger partial charge in [-0.15, -0.1) is 6.42 Å². The lowest BCUT2D eigenvalue weighted by Gasteiger charge is -2.12. The summed E-state index contributed by atoms with van der Waals surface area (Å²) in [6.07, 6.45) is 7.00. The quantitative estimate of drug-likeness (QED) is 0.637. The van der Waals surface area contributed by atoms with Crippen molar-refractivity contribution < 1.29 is 4.79 Å². The summed E-state index contributed by atoms with van der Waals surface area (Å²) in [4.78, 5) is 11.8. The molecule has 0 fully saturated rings. The second kappa shape index (κ2) is 6.17. The highest BCUT2D eigenvalue weighted by molar-refractivity contribution is 6.33. The van der Waals surface area contributed by atoms with Gasteiger partial charge in [0.15, 0.2) is 0 Å². The van der Waals surface area contributed by atoms with Crippen LogP contribution in [0, 0.1) is 12.3 Å². The largest absolute Gasteiger partial charge is 0.398 e. The first-order chi connectivity index (χ1) is 8.08. The third kappa shape index (κ3) is 3.69. The summed E-state index contributed by atoms with van der Waals surface area (Å²) in [7, 11) is 0. The molecular formula is C13H15ClN2O. The molecule has 1 unspecified atom stereocenters. The highest BCUT2D eigenvalue weighted by Gasteiger charge is 2.11. The summed E-state index contributed by atoms with van der Waals surface area (Å²) >= 11 is 5.84. The number of halogens is 1. The topological polar surface area (TPSA) is 55.1 Å². The SMILES string of the molecule is C#CC(CCC)NC(=O)c1ccc(N)c(Cl)c1. The van der Waals surface area contributed by atoms with Gasteiger partial charge in [-0.25, -0.2) is 0 Å². The van der Waals surface area contributed by atoms with Crippen LogP contribution < -0.4 is 11.1 Å². The van der Waals surface area contributed by atoms with Crippen molar-refractivity contribution in [3.05, 3.63) is 28.8 Å². The van der Waals surface area contributed by atoms with Crippen LogP contribution in [0.2, 0.25) is 5.02 Å². The normalized spacial score (nSPS) is 11.6. The highest BCUT2D eigenvalue weighted by atomic mass is 35.5. The minimum atomic E-state index is -0.246. The minimum Gasteiger partial charge on any atom is -0.398 e. The number of nitrogens with two attached hydrogens (primary N) is 1. The molecule has 0 bridgehead atoms. The number of terminal acetylenes is 1. The Morgan fingerprint density at radius 1 is 1.65 bits per heavy atom. The van der Waals surface area contributed by atoms with Crippen molar-refractivity contribution in [3.63, 3.8) is 0 Å². The minimum absolute atomic E-state index is 0.233. The highest BCUT2D eigenvalue weighted by Crippen LogP contribution is 2.19. The van der Waals surface area contributed by atoms with E-state index < -0.39 is 0 Å². The molecule has 3 N–H and O–H groups in total. The van der Waals surface area contributed by atoms with E-state index in [4.69, 9.17) is 23.8 Å². The molecule has 1 rings (SSSR count). The Morgan fingerprint density at radius 3 is 2.88 bits per heavy atom. The van der Waals surface area contributed by atoms with Crippen molar-refractivity contribution in [2.45, 2.75) is 25.8 Å². The van der Waals surface area contributed by atoms with Gasteiger partial charge < -0.3 is 11.1 Å². The number of nitrogens with one attached hydrogen (secondary N) is 1. The number of benzene rings is 1. The lowest BCUT2D eigenvalue weighted by molar-refractivity contribution is 0.0944. The van der Waals surface area contributed by atoms with Gasteiger partial charge in [0.05, 0.1) is 16.8 Å². The number of carbonyl (C=O) groups is 1. The smallest absolute Gasteiger partial charge is 0.252 e. The van der Waals surface area contributed by atoms with Crippen LogP contribution >= 0.6 is 11.6 Å². The summed E-state index contributed by atoms with van der Waals surface area (Å²) in [6.45, 7) is 2.01. The molecule has 17 heavy (non-hydrogen) atoms. The van der Waals surface area contributed by atoms with Gasteiger partial charge in [-0.3, -0.25) is 4.79 Å². The molecule has 1 aromatic carbocycles. The van der Waals surface area contributed by atoms with E-state index >= 15 is 0 Å². The molecule has 0 heterocycles. The number of amides is 1. The Kier molecular flexibility index (Phi) is 4.86. The van der Waals surface area contributed by atoms with E-state index in [9.17, 15) is 4.79 Å². The van der Waals surface area contributed by atoms with Crippen LogP contribution in [0.1, 0.15) is 30.1 Å². The lowest BCUT2D eigenvalue weighted by Crippen LogP contribution is -2.33. The zero-order valence-corrected chi connectivity index (χ0v) is 10.4. The number of rotatable bonds is 4. The molecule has 0 spiro atoms. The first kappa shape index (κ1) is 13.4. The Bertz CT molecular complexity index is 451. The molecule has 1 amide bonds. The van der Waals surface area contributed by atoms with Gasteiger partial charge in [0.25, 0.3) is 5.91 Å². The van der Waals surface area contributed by atoms with E-state index in [0.29, 0.717) is 16.3 Å². The molecule has 0 aliphatic carbocycles. The Balaban J connectivity index is 2.76. The van der Waals surface area contributed by atoms with E-state index in [2.05, 4.69) is 11.2 Å². The first-order valence-corrected chi connectivity index (χ1v) is 5.78. The summed E-state index contributed by atoms with van der Waals surface area (Å²) in [5.74, 6) is 2.31. The number of nitrogen functional groups attached to an aromatic ring is 1. The van der Waals surface area contributed by atoms with E-state index in [1.807, 2.05) is 6.92 Å². The monoisotopic (exact) mass is 250 g/mol. The standard InChI is InChI=1S/C13H15ClN2O/c1-3-5-10(4-2)16-13(17)9-6-7-12(15)11(14)8-9/h2,6-8,10H,3,5,15H2,1H3,(H,16,17). The second-order valence-corrected chi connectivity index (χ2v) is 4.12. The van der Waals surface area contributed by atoms with Gasteiger partial charge in [0.1, 0.15) is 0 Å². The third-order valence-corrected chi connectivity index (χ3v) is 2.67. The average molecular weight is 251 g/mol. The zero-order valence-electron chi connectivity index (χ0n) is 9.66. The van der Waals surface area contributed by atoms with Crippen molar-refractivity contribution >= 4 is 23.2 Å². The van der Waals surface area contributed by atoms with Gasteiger partial charge in [0, 0.05) is 5.56 Å². The predicted molar refractivity (Wildman–Crippen MR) is 70.9 cm³/mol. The molecule has 0 aliphatic heterocycles. The molecule has 4 heteroatoms. The van der Waals surface area contributed by atoms with Crippen molar-refractivity contribution in [2.75, 3.05) is 5.73 Å². The lowest BCUT2D eigenvalue weighted by atomic mass is 10.1. The molecular weight excluding hydrogens is 236 g/mol. The Hall–Kier alpha value is -1.66. The van der Waals surface area contributed by atoms with E-state index in [1.54, 1.807) is 12.1 Å². The van der Waals surface area contributed by atoms with Crippen molar-refractivity contribution in [1.29, 1.82) is 0 Å². The fourth-order valence-corrected chi connectivity index (χ4v) is 1.58. The van der Waals surface area contributed by atoms with E-state index in [0.717, 1.165) is 12.8 Å². The Labute approximate surface area is 106 Å². The maximum atomic E-state index is 11.8. The first-order valence-electron chi connectivity index (χ1n) is 5.40. The summed E-state index contributed by atoms with van der Waals surface area (Å²) in [5.41, 5.74) is 6.48. The zero-order chi connectivity index (χ0) is 12.8. The molecule has 90 valence electrons. The van der Waals surface area contributed by atoms with Crippen molar-refractivity contribution in [3.8, 4) is 12.3 Å². The fourth-order valence-electron chi connectivity index (χ4n) is 1.40. The maximum absolute atomic E-state index is 11.8. The molecule has 3 nitrogen and oxygen atoms in total. The van der Waals surface area contributed by atoms with E-state index in [1.165, 1.54) is 6.07 Å². The van der Waals surface area contributed by atoms with Crippen LogP contribution in [-0.2, 0) is 0 Å². The molecule has 0 aromatic heterocycles. The second-order valence-electron chi connectivity index (χ2n) is 3.72. The van der Waals surface area contributed by atoms with Crippen LogP contribution in [0.5, 0.6) is 0 Å². The van der Waals surface area contributed by atoms with Gasteiger partial charge in [-0.1, -0.05) is 30.9 Å². The molecule has 0 saturated heterocycles. The van der Waals surface area contributed by atoms with E-state index in [-0.39, 0.29) is 11.9 Å². The summed E-state index contributed by atoms with van der Waals surface area (Å²) in [5, 5.41) is 3.12. The fraction of sp³-hybridized carbons (Fsp3) is 0.308. The van der Waals surface area contributed by atoms with Crippen molar-refractivity contribution in [2.24, 2.45) is 0 Å². The molecule has 1 atom stereocenters. The molecule has 1 aromatic rings. The third-order valence-electron chi connectivity index (χ3n) is 2.35. The summed E-state index contributed by atoms with van der Waals surface area (Å²) < 4.78 is 0. The molecule has 0 aliphatic rings. The number of hydrogen-bond donors (Lipinski definition) is 2. The van der Waals surface area contributed by atoms with Crippen molar-refractivity contribution in [1.82, 2.24) is 5.32 Å². The Morgan fingerprint density at radius 2 is 2.35 bits per heavy atom. The van der Waals surface area contributed by atoms with Crippen LogP contribution in [0.3, 0.4) is 0 Å². The predicted octanol–water partition coefficient (Wildman–Crippen LogP) is 2.45. The summed E-state index contributed by atoms with van der Waals surface area (Å²) in [6, 6.07) is 4.51. The van der Waals surface area contributed by atoms with Crippen LogP contribution in [-0.4, -0.2) is 11.9 Å². The number of hydrogen-bond acceptors (Lipinski definition) is 2. The van der Waals surface area contributed by atoms with Gasteiger partial charge in [-0.05, 0) is 24.6 Å².